The molecule has 0 spiro atoms. The molecular formula is C19H18Cl2N2O3. The van der Waals surface area contributed by atoms with Crippen molar-refractivity contribution >= 4 is 52.2 Å². The highest BCUT2D eigenvalue weighted by Gasteiger charge is 2.36. The van der Waals surface area contributed by atoms with E-state index in [1.807, 2.05) is 0 Å². The molecule has 0 aromatic heterocycles. The summed E-state index contributed by atoms with van der Waals surface area (Å²) in [5.41, 5.74) is -0.0685. The lowest BCUT2D eigenvalue weighted by atomic mass is 9.90. The Balaban J connectivity index is 2.14. The molecule has 2 N–H and O–H groups in total. The van der Waals surface area contributed by atoms with Crippen molar-refractivity contribution in [3.05, 3.63) is 58.1 Å². The molecule has 0 saturated heterocycles. The van der Waals surface area contributed by atoms with Crippen LogP contribution >= 0.6 is 23.2 Å². The topological polar surface area (TPSA) is 75.3 Å². The number of amides is 2. The van der Waals surface area contributed by atoms with Crippen molar-refractivity contribution < 1.29 is 14.4 Å². The molecule has 0 atom stereocenters. The molecule has 0 bridgehead atoms. The maximum Gasteiger partial charge on any atom is 0.239 e. The molecule has 2 amide bonds. The largest absolute Gasteiger partial charge is 0.325 e. The molecule has 7 heteroatoms. The number of rotatable bonds is 5. The summed E-state index contributed by atoms with van der Waals surface area (Å²) in [4.78, 5) is 36.6. The monoisotopic (exact) mass is 392 g/mol. The molecule has 2 aromatic carbocycles. The first-order valence-corrected chi connectivity index (χ1v) is 8.55. The van der Waals surface area contributed by atoms with Gasteiger partial charge in [-0.3, -0.25) is 14.4 Å². The molecule has 136 valence electrons. The number of carbonyl (C=O) groups is 3. The molecule has 0 aliphatic carbocycles. The number of nitrogens with one attached hydrogen (secondary N) is 2. The van der Waals surface area contributed by atoms with Gasteiger partial charge in [0.1, 0.15) is 5.41 Å². The van der Waals surface area contributed by atoms with Crippen molar-refractivity contribution in [3.8, 4) is 0 Å². The summed E-state index contributed by atoms with van der Waals surface area (Å²) < 4.78 is 0. The Labute approximate surface area is 161 Å². The molecule has 0 aliphatic heterocycles. The highest BCUT2D eigenvalue weighted by atomic mass is 35.5. The Morgan fingerprint density at radius 3 is 1.92 bits per heavy atom. The smallest absolute Gasteiger partial charge is 0.239 e. The van der Waals surface area contributed by atoms with E-state index in [1.165, 1.54) is 32.9 Å². The SMILES string of the molecule is CC(=O)c1cccc(NC(=O)C(C)(C)C(=O)Nc2cc(Cl)cc(Cl)c2)c1. The summed E-state index contributed by atoms with van der Waals surface area (Å²) in [5.74, 6) is -1.14. The van der Waals surface area contributed by atoms with Crippen LogP contribution in [0.25, 0.3) is 0 Å². The molecule has 0 unspecified atom stereocenters. The lowest BCUT2D eigenvalue weighted by Gasteiger charge is -2.23. The molecule has 2 rings (SSSR count). The van der Waals surface area contributed by atoms with Gasteiger partial charge in [-0.25, -0.2) is 0 Å². The van der Waals surface area contributed by atoms with Gasteiger partial charge in [0.25, 0.3) is 0 Å². The van der Waals surface area contributed by atoms with Crippen LogP contribution in [0.2, 0.25) is 10.0 Å². The van der Waals surface area contributed by atoms with E-state index < -0.39 is 17.2 Å². The minimum atomic E-state index is -1.37. The fourth-order valence-corrected chi connectivity index (χ4v) is 2.65. The summed E-state index contributed by atoms with van der Waals surface area (Å²) in [7, 11) is 0. The van der Waals surface area contributed by atoms with Crippen LogP contribution in [-0.2, 0) is 9.59 Å². The van der Waals surface area contributed by atoms with Crippen LogP contribution in [0.5, 0.6) is 0 Å². The standard InChI is InChI=1S/C19H18Cl2N2O3/c1-11(24)12-5-4-6-15(7-12)22-17(25)19(2,3)18(26)23-16-9-13(20)8-14(21)10-16/h4-10H,1-3H3,(H,22,25)(H,23,26). The zero-order chi connectivity index (χ0) is 19.5. The fourth-order valence-electron chi connectivity index (χ4n) is 2.12. The number of halogens is 2. The second-order valence-corrected chi connectivity index (χ2v) is 7.20. The summed E-state index contributed by atoms with van der Waals surface area (Å²) >= 11 is 11.8. The van der Waals surface area contributed by atoms with Gasteiger partial charge in [0, 0.05) is 27.0 Å². The molecule has 26 heavy (non-hydrogen) atoms. The van der Waals surface area contributed by atoms with E-state index in [0.29, 0.717) is 27.0 Å². The van der Waals surface area contributed by atoms with Crippen molar-refractivity contribution in [3.63, 3.8) is 0 Å². The van der Waals surface area contributed by atoms with Gasteiger partial charge < -0.3 is 10.6 Å². The van der Waals surface area contributed by atoms with Gasteiger partial charge in [-0.05, 0) is 51.1 Å². The Hall–Kier alpha value is -2.37. The predicted molar refractivity (Wildman–Crippen MR) is 104 cm³/mol. The van der Waals surface area contributed by atoms with Crippen molar-refractivity contribution in [1.82, 2.24) is 0 Å². The molecule has 5 nitrogen and oxygen atoms in total. The molecule has 0 aliphatic rings. The molecule has 0 fully saturated rings. The van der Waals surface area contributed by atoms with Gasteiger partial charge in [-0.15, -0.1) is 0 Å². The highest BCUT2D eigenvalue weighted by molar-refractivity contribution is 6.35. The third kappa shape index (κ3) is 4.84. The average Bonchev–Trinajstić information content (AvgIpc) is 2.53. The maximum absolute atomic E-state index is 12.6. The second-order valence-electron chi connectivity index (χ2n) is 6.33. The zero-order valence-electron chi connectivity index (χ0n) is 14.5. The van der Waals surface area contributed by atoms with Crippen molar-refractivity contribution in [1.29, 1.82) is 0 Å². The second kappa shape index (κ2) is 7.89. The van der Waals surface area contributed by atoms with Crippen LogP contribution in [0.1, 0.15) is 31.1 Å². The van der Waals surface area contributed by atoms with Crippen LogP contribution in [0.15, 0.2) is 42.5 Å². The van der Waals surface area contributed by atoms with Crippen molar-refractivity contribution in [2.75, 3.05) is 10.6 Å². The molecule has 0 radical (unpaired) electrons. The Bertz CT molecular complexity index is 859. The number of ketones is 1. The van der Waals surface area contributed by atoms with Crippen LogP contribution in [0, 0.1) is 5.41 Å². The van der Waals surface area contributed by atoms with E-state index in [1.54, 1.807) is 30.3 Å². The van der Waals surface area contributed by atoms with Crippen molar-refractivity contribution in [2.24, 2.45) is 5.41 Å². The summed E-state index contributed by atoms with van der Waals surface area (Å²) in [6.07, 6.45) is 0. The average molecular weight is 393 g/mol. The first-order valence-electron chi connectivity index (χ1n) is 7.79. The van der Waals surface area contributed by atoms with Gasteiger partial charge in [-0.1, -0.05) is 35.3 Å². The number of Topliss-reactive ketones (excluding diaryl/α,β-unsaturated/α-hetero) is 1. The minimum absolute atomic E-state index is 0.115. The molecular weight excluding hydrogens is 375 g/mol. The normalized spacial score (nSPS) is 11.0. The van der Waals surface area contributed by atoms with Crippen LogP contribution in [0.3, 0.4) is 0 Å². The van der Waals surface area contributed by atoms with Gasteiger partial charge >= 0.3 is 0 Å². The fraction of sp³-hybridized carbons (Fsp3) is 0.211. The van der Waals surface area contributed by atoms with Crippen LogP contribution in [0.4, 0.5) is 11.4 Å². The Kier molecular flexibility index (Phi) is 6.05. The predicted octanol–water partition coefficient (Wildman–Crippen LogP) is 4.80. The molecule has 0 heterocycles. The van der Waals surface area contributed by atoms with Gasteiger partial charge in [0.05, 0.1) is 0 Å². The number of anilines is 2. The van der Waals surface area contributed by atoms with E-state index in [2.05, 4.69) is 10.6 Å². The quantitative estimate of drug-likeness (QED) is 0.566. The molecule has 0 saturated carbocycles. The number of carbonyl (C=O) groups excluding carboxylic acids is 3. The number of hydrogen-bond donors (Lipinski definition) is 2. The van der Waals surface area contributed by atoms with Crippen LogP contribution in [-0.4, -0.2) is 17.6 Å². The summed E-state index contributed by atoms with van der Waals surface area (Å²) in [6.45, 7) is 4.44. The van der Waals surface area contributed by atoms with E-state index in [9.17, 15) is 14.4 Å². The molecule has 2 aromatic rings. The summed E-state index contributed by atoms with van der Waals surface area (Å²) in [6, 6.07) is 11.1. The van der Waals surface area contributed by atoms with Crippen LogP contribution < -0.4 is 10.6 Å². The van der Waals surface area contributed by atoms with Gasteiger partial charge in [0.2, 0.25) is 11.8 Å². The first-order chi connectivity index (χ1) is 12.1. The van der Waals surface area contributed by atoms with E-state index in [0.717, 1.165) is 0 Å². The van der Waals surface area contributed by atoms with E-state index in [-0.39, 0.29) is 5.78 Å². The zero-order valence-corrected chi connectivity index (χ0v) is 16.0. The summed E-state index contributed by atoms with van der Waals surface area (Å²) in [5, 5.41) is 6.04. The maximum atomic E-state index is 12.6. The van der Waals surface area contributed by atoms with E-state index in [4.69, 9.17) is 23.2 Å². The number of hydrogen-bond acceptors (Lipinski definition) is 3. The first kappa shape index (κ1) is 19.9. The lowest BCUT2D eigenvalue weighted by molar-refractivity contribution is -0.135. The van der Waals surface area contributed by atoms with Gasteiger partial charge in [0.15, 0.2) is 5.78 Å². The third-order valence-corrected chi connectivity index (χ3v) is 4.22. The lowest BCUT2D eigenvalue weighted by Crippen LogP contribution is -2.41. The Morgan fingerprint density at radius 1 is 0.846 bits per heavy atom. The van der Waals surface area contributed by atoms with E-state index >= 15 is 0 Å². The highest BCUT2D eigenvalue weighted by Crippen LogP contribution is 2.26. The minimum Gasteiger partial charge on any atom is -0.325 e. The third-order valence-electron chi connectivity index (χ3n) is 3.78. The van der Waals surface area contributed by atoms with Gasteiger partial charge in [-0.2, -0.15) is 0 Å². The Morgan fingerprint density at radius 2 is 1.38 bits per heavy atom. The van der Waals surface area contributed by atoms with Crippen molar-refractivity contribution in [2.45, 2.75) is 20.8 Å². The number of benzene rings is 2.